The van der Waals surface area contributed by atoms with Crippen molar-refractivity contribution in [2.24, 2.45) is 0 Å². The summed E-state index contributed by atoms with van der Waals surface area (Å²) in [5.41, 5.74) is 10.8. The van der Waals surface area contributed by atoms with E-state index in [0.29, 0.717) is 16.8 Å². The Labute approximate surface area is 186 Å². The first kappa shape index (κ1) is 20.8. The van der Waals surface area contributed by atoms with Gasteiger partial charge in [-0.1, -0.05) is 60.7 Å². The lowest BCUT2D eigenvalue weighted by Gasteiger charge is -2.19. The van der Waals surface area contributed by atoms with Gasteiger partial charge in [-0.2, -0.15) is 5.26 Å². The number of pyridine rings is 1. The fourth-order valence-electron chi connectivity index (χ4n) is 3.73. The standard InChI is InChI=1S/C26H21N3O3/c1-31-20-13-18(14-21(32-2)25(20)30)22-19(15-27)26(28)29-24(17-11-7-4-8-12-17)23(22)16-9-5-3-6-10-16/h3-14,30H,1-2H3,(H2,28,29). The monoisotopic (exact) mass is 423 g/mol. The Hall–Kier alpha value is -4.50. The van der Waals surface area contributed by atoms with Crippen LogP contribution >= 0.6 is 0 Å². The van der Waals surface area contributed by atoms with Gasteiger partial charge in [0.2, 0.25) is 5.75 Å². The molecule has 3 aromatic carbocycles. The molecule has 1 heterocycles. The fraction of sp³-hybridized carbons (Fsp3) is 0.0769. The van der Waals surface area contributed by atoms with Gasteiger partial charge in [0.05, 0.1) is 19.9 Å². The Morgan fingerprint density at radius 3 is 1.84 bits per heavy atom. The summed E-state index contributed by atoms with van der Waals surface area (Å²) in [5, 5.41) is 20.4. The third-order valence-corrected chi connectivity index (χ3v) is 5.22. The predicted molar refractivity (Wildman–Crippen MR) is 124 cm³/mol. The van der Waals surface area contributed by atoms with Gasteiger partial charge in [-0.3, -0.25) is 0 Å². The van der Waals surface area contributed by atoms with Crippen molar-refractivity contribution >= 4 is 5.82 Å². The van der Waals surface area contributed by atoms with Crippen molar-refractivity contribution < 1.29 is 14.6 Å². The first-order valence-corrected chi connectivity index (χ1v) is 9.88. The van der Waals surface area contributed by atoms with Crippen LogP contribution in [0.5, 0.6) is 17.2 Å². The molecular formula is C26H21N3O3. The first-order chi connectivity index (χ1) is 15.6. The first-order valence-electron chi connectivity index (χ1n) is 9.88. The summed E-state index contributed by atoms with van der Waals surface area (Å²) in [7, 11) is 2.91. The highest BCUT2D eigenvalue weighted by molar-refractivity contribution is 5.98. The summed E-state index contributed by atoms with van der Waals surface area (Å²) < 4.78 is 10.7. The molecule has 0 amide bonds. The van der Waals surface area contributed by atoms with E-state index in [1.165, 1.54) is 14.2 Å². The third kappa shape index (κ3) is 3.57. The number of rotatable bonds is 5. The van der Waals surface area contributed by atoms with E-state index in [0.717, 1.165) is 16.7 Å². The Morgan fingerprint density at radius 2 is 1.34 bits per heavy atom. The molecule has 0 fully saturated rings. The number of nitriles is 1. The zero-order chi connectivity index (χ0) is 22.7. The molecule has 4 rings (SSSR count). The lowest BCUT2D eigenvalue weighted by atomic mass is 9.87. The molecule has 0 saturated carbocycles. The van der Waals surface area contributed by atoms with Crippen LogP contribution in [0.3, 0.4) is 0 Å². The normalized spacial score (nSPS) is 10.4. The van der Waals surface area contributed by atoms with E-state index < -0.39 is 0 Å². The molecule has 0 unspecified atom stereocenters. The fourth-order valence-corrected chi connectivity index (χ4v) is 3.73. The van der Waals surface area contributed by atoms with E-state index in [4.69, 9.17) is 15.2 Å². The number of ether oxygens (including phenoxy) is 2. The number of anilines is 1. The van der Waals surface area contributed by atoms with Crippen LogP contribution in [-0.2, 0) is 0 Å². The summed E-state index contributed by atoms with van der Waals surface area (Å²) >= 11 is 0. The molecule has 0 aliphatic rings. The summed E-state index contributed by atoms with van der Waals surface area (Å²) in [5.74, 6) is 0.439. The molecule has 1 aromatic heterocycles. The second kappa shape index (κ2) is 8.70. The highest BCUT2D eigenvalue weighted by atomic mass is 16.5. The quantitative estimate of drug-likeness (QED) is 0.454. The molecule has 0 saturated heterocycles. The van der Waals surface area contributed by atoms with Gasteiger partial charge in [0.1, 0.15) is 17.5 Å². The van der Waals surface area contributed by atoms with Crippen LogP contribution in [0.2, 0.25) is 0 Å². The number of phenolic OH excluding ortho intramolecular Hbond substituents is 1. The number of hydrogen-bond acceptors (Lipinski definition) is 6. The molecule has 0 atom stereocenters. The van der Waals surface area contributed by atoms with Crippen LogP contribution < -0.4 is 15.2 Å². The minimum absolute atomic E-state index is 0.118. The van der Waals surface area contributed by atoms with Gasteiger partial charge in [-0.05, 0) is 23.3 Å². The summed E-state index contributed by atoms with van der Waals surface area (Å²) in [6, 6.07) is 24.9. The van der Waals surface area contributed by atoms with Crippen molar-refractivity contribution in [3.05, 3.63) is 78.4 Å². The number of benzene rings is 3. The van der Waals surface area contributed by atoms with E-state index in [1.54, 1.807) is 12.1 Å². The maximum absolute atomic E-state index is 10.4. The van der Waals surface area contributed by atoms with E-state index >= 15 is 0 Å². The predicted octanol–water partition coefficient (Wildman–Crippen LogP) is 5.26. The number of nitrogens with zero attached hydrogens (tertiary/aromatic N) is 2. The van der Waals surface area contributed by atoms with Crippen LogP contribution in [-0.4, -0.2) is 24.3 Å². The van der Waals surface area contributed by atoms with Gasteiger partial charge in [-0.25, -0.2) is 4.98 Å². The van der Waals surface area contributed by atoms with Crippen molar-refractivity contribution in [1.29, 1.82) is 5.26 Å². The lowest BCUT2D eigenvalue weighted by molar-refractivity contribution is 0.340. The van der Waals surface area contributed by atoms with Gasteiger partial charge in [-0.15, -0.1) is 0 Å². The minimum atomic E-state index is -0.121. The zero-order valence-electron chi connectivity index (χ0n) is 17.7. The van der Waals surface area contributed by atoms with Gasteiger partial charge < -0.3 is 20.3 Å². The molecule has 0 aliphatic carbocycles. The minimum Gasteiger partial charge on any atom is -0.502 e. The van der Waals surface area contributed by atoms with Crippen LogP contribution in [0.1, 0.15) is 5.56 Å². The summed E-state index contributed by atoms with van der Waals surface area (Å²) in [6.45, 7) is 0. The Bertz CT molecular complexity index is 1290. The Morgan fingerprint density at radius 1 is 0.812 bits per heavy atom. The molecule has 158 valence electrons. The number of phenols is 1. The van der Waals surface area contributed by atoms with E-state index in [-0.39, 0.29) is 28.6 Å². The van der Waals surface area contributed by atoms with E-state index in [1.807, 2.05) is 60.7 Å². The molecule has 6 nitrogen and oxygen atoms in total. The van der Waals surface area contributed by atoms with Crippen LogP contribution in [0.25, 0.3) is 33.5 Å². The number of nitrogen functional groups attached to an aromatic ring is 1. The van der Waals surface area contributed by atoms with Crippen molar-refractivity contribution in [2.45, 2.75) is 0 Å². The van der Waals surface area contributed by atoms with Gasteiger partial charge >= 0.3 is 0 Å². The number of nitrogens with two attached hydrogens (primary N) is 1. The molecule has 32 heavy (non-hydrogen) atoms. The van der Waals surface area contributed by atoms with Crippen molar-refractivity contribution in [2.75, 3.05) is 20.0 Å². The number of methoxy groups -OCH3 is 2. The Balaban J connectivity index is 2.18. The van der Waals surface area contributed by atoms with E-state index in [2.05, 4.69) is 11.1 Å². The highest BCUT2D eigenvalue weighted by Crippen LogP contribution is 2.47. The van der Waals surface area contributed by atoms with Crippen molar-refractivity contribution in [3.8, 4) is 56.8 Å². The number of hydrogen-bond donors (Lipinski definition) is 2. The molecular weight excluding hydrogens is 402 g/mol. The molecule has 0 radical (unpaired) electrons. The van der Waals surface area contributed by atoms with Crippen LogP contribution in [0, 0.1) is 11.3 Å². The smallest absolute Gasteiger partial charge is 0.200 e. The second-order valence-electron chi connectivity index (χ2n) is 7.04. The van der Waals surface area contributed by atoms with Gasteiger partial charge in [0.25, 0.3) is 0 Å². The molecule has 3 N–H and O–H groups in total. The average Bonchev–Trinajstić information content (AvgIpc) is 2.84. The molecule has 6 heteroatoms. The second-order valence-corrected chi connectivity index (χ2v) is 7.04. The topological polar surface area (TPSA) is 101 Å². The highest BCUT2D eigenvalue weighted by Gasteiger charge is 2.24. The van der Waals surface area contributed by atoms with Crippen LogP contribution in [0.15, 0.2) is 72.8 Å². The third-order valence-electron chi connectivity index (χ3n) is 5.22. The van der Waals surface area contributed by atoms with Gasteiger partial charge in [0.15, 0.2) is 11.5 Å². The zero-order valence-corrected chi connectivity index (χ0v) is 17.7. The summed E-state index contributed by atoms with van der Waals surface area (Å²) in [4.78, 5) is 4.62. The maximum Gasteiger partial charge on any atom is 0.200 e. The van der Waals surface area contributed by atoms with Crippen molar-refractivity contribution in [3.63, 3.8) is 0 Å². The Kier molecular flexibility index (Phi) is 5.65. The molecule has 4 aromatic rings. The SMILES string of the molecule is COc1cc(-c2c(C#N)c(N)nc(-c3ccccc3)c2-c2ccccc2)cc(OC)c1O. The maximum atomic E-state index is 10.4. The van der Waals surface area contributed by atoms with Crippen molar-refractivity contribution in [1.82, 2.24) is 4.98 Å². The molecule has 0 spiro atoms. The van der Waals surface area contributed by atoms with Crippen LogP contribution in [0.4, 0.5) is 5.82 Å². The molecule has 0 bridgehead atoms. The number of aromatic nitrogens is 1. The van der Waals surface area contributed by atoms with Gasteiger partial charge in [0, 0.05) is 16.7 Å². The molecule has 0 aliphatic heterocycles. The largest absolute Gasteiger partial charge is 0.502 e. The summed E-state index contributed by atoms with van der Waals surface area (Å²) in [6.07, 6.45) is 0. The lowest BCUT2D eigenvalue weighted by Crippen LogP contribution is -2.04. The average molecular weight is 423 g/mol. The van der Waals surface area contributed by atoms with E-state index in [9.17, 15) is 10.4 Å². The number of aromatic hydroxyl groups is 1.